The molecule has 0 amide bonds. The van der Waals surface area contributed by atoms with Crippen molar-refractivity contribution in [2.45, 2.75) is 6.23 Å². The van der Waals surface area contributed by atoms with Crippen molar-refractivity contribution >= 4 is 23.3 Å². The number of para-hydroxylation sites is 1. The predicted octanol–water partition coefficient (Wildman–Crippen LogP) is 3.64. The molecule has 0 radical (unpaired) electrons. The average Bonchev–Trinajstić information content (AvgIpc) is 2.85. The molecule has 1 atom stereocenters. The Morgan fingerprint density at radius 3 is 2.59 bits per heavy atom. The lowest BCUT2D eigenvalue weighted by atomic mass is 10.1. The SMILES string of the molecule is COc1ccc2c(c1OC)C(=O)O[C@@H]2Nc1ccccc1Cl. The van der Waals surface area contributed by atoms with E-state index < -0.39 is 12.2 Å². The van der Waals surface area contributed by atoms with Gasteiger partial charge in [-0.25, -0.2) is 4.79 Å². The fourth-order valence-corrected chi connectivity index (χ4v) is 2.62. The maximum absolute atomic E-state index is 12.2. The first-order chi connectivity index (χ1) is 10.7. The Kier molecular flexibility index (Phi) is 3.81. The first-order valence-electron chi connectivity index (χ1n) is 6.62. The van der Waals surface area contributed by atoms with Crippen LogP contribution in [0.3, 0.4) is 0 Å². The third-order valence-electron chi connectivity index (χ3n) is 3.45. The maximum atomic E-state index is 12.2. The topological polar surface area (TPSA) is 56.8 Å². The summed E-state index contributed by atoms with van der Waals surface area (Å²) in [6.45, 7) is 0. The number of nitrogens with one attached hydrogen (secondary N) is 1. The highest BCUT2D eigenvalue weighted by molar-refractivity contribution is 6.33. The number of esters is 1. The van der Waals surface area contributed by atoms with E-state index in [-0.39, 0.29) is 0 Å². The van der Waals surface area contributed by atoms with Crippen LogP contribution in [0.4, 0.5) is 5.69 Å². The molecular weight excluding hydrogens is 306 g/mol. The first-order valence-corrected chi connectivity index (χ1v) is 7.00. The first kappa shape index (κ1) is 14.5. The van der Waals surface area contributed by atoms with Crippen molar-refractivity contribution in [2.75, 3.05) is 19.5 Å². The summed E-state index contributed by atoms with van der Waals surface area (Å²) in [6, 6.07) is 10.8. The van der Waals surface area contributed by atoms with Crippen LogP contribution < -0.4 is 14.8 Å². The number of anilines is 1. The van der Waals surface area contributed by atoms with Crippen molar-refractivity contribution in [3.05, 3.63) is 52.5 Å². The number of carbonyl (C=O) groups excluding carboxylic acids is 1. The van der Waals surface area contributed by atoms with Gasteiger partial charge in [-0.15, -0.1) is 0 Å². The summed E-state index contributed by atoms with van der Waals surface area (Å²) in [5, 5.41) is 3.66. The fourth-order valence-electron chi connectivity index (χ4n) is 2.43. The van der Waals surface area contributed by atoms with E-state index in [9.17, 15) is 4.79 Å². The second-order valence-electron chi connectivity index (χ2n) is 4.67. The van der Waals surface area contributed by atoms with Crippen LogP contribution in [-0.2, 0) is 4.74 Å². The van der Waals surface area contributed by atoms with Crippen molar-refractivity contribution in [3.63, 3.8) is 0 Å². The van der Waals surface area contributed by atoms with Crippen LogP contribution in [0.5, 0.6) is 11.5 Å². The third-order valence-corrected chi connectivity index (χ3v) is 3.78. The molecule has 1 N–H and O–H groups in total. The molecule has 5 nitrogen and oxygen atoms in total. The molecule has 6 heteroatoms. The summed E-state index contributed by atoms with van der Waals surface area (Å²) in [4.78, 5) is 12.2. The number of halogens is 1. The lowest BCUT2D eigenvalue weighted by molar-refractivity contribution is 0.0435. The number of cyclic esters (lactones) is 1. The molecular formula is C16H14ClNO4. The minimum absolute atomic E-state index is 0.367. The lowest BCUT2D eigenvalue weighted by Gasteiger charge is -2.16. The molecule has 0 saturated heterocycles. The van der Waals surface area contributed by atoms with Crippen LogP contribution in [0.15, 0.2) is 36.4 Å². The summed E-state index contributed by atoms with van der Waals surface area (Å²) >= 11 is 6.12. The van der Waals surface area contributed by atoms with Gasteiger partial charge >= 0.3 is 5.97 Å². The Morgan fingerprint density at radius 2 is 1.91 bits per heavy atom. The Labute approximate surface area is 132 Å². The minimum atomic E-state index is -0.623. The van der Waals surface area contributed by atoms with Gasteiger partial charge in [0.25, 0.3) is 0 Å². The number of rotatable bonds is 4. The molecule has 0 aliphatic carbocycles. The zero-order valence-electron chi connectivity index (χ0n) is 12.1. The molecule has 1 aliphatic rings. The molecule has 22 heavy (non-hydrogen) atoms. The number of benzene rings is 2. The van der Waals surface area contributed by atoms with E-state index in [2.05, 4.69) is 5.32 Å². The van der Waals surface area contributed by atoms with Gasteiger partial charge in [0.05, 0.1) is 24.9 Å². The second kappa shape index (κ2) is 5.77. The Balaban J connectivity index is 2.00. The van der Waals surface area contributed by atoms with Crippen LogP contribution >= 0.6 is 11.6 Å². The van der Waals surface area contributed by atoms with Gasteiger partial charge in [0.2, 0.25) is 6.23 Å². The van der Waals surface area contributed by atoms with E-state index >= 15 is 0 Å². The van der Waals surface area contributed by atoms with E-state index in [1.807, 2.05) is 18.2 Å². The molecule has 0 aromatic heterocycles. The Morgan fingerprint density at radius 1 is 1.14 bits per heavy atom. The lowest BCUT2D eigenvalue weighted by Crippen LogP contribution is -2.10. The molecule has 0 fully saturated rings. The number of carbonyl (C=O) groups is 1. The quantitative estimate of drug-likeness (QED) is 0.872. The van der Waals surface area contributed by atoms with Crippen molar-refractivity contribution in [2.24, 2.45) is 0 Å². The standard InChI is InChI=1S/C16H14ClNO4/c1-20-12-8-7-9-13(14(12)21-2)16(19)22-15(9)18-11-6-4-3-5-10(11)17/h3-8,15,18H,1-2H3/t15-/m0/s1. The summed E-state index contributed by atoms with van der Waals surface area (Å²) < 4.78 is 15.9. The van der Waals surface area contributed by atoms with Crippen LogP contribution in [0.2, 0.25) is 5.02 Å². The second-order valence-corrected chi connectivity index (χ2v) is 5.08. The summed E-state index contributed by atoms with van der Waals surface area (Å²) in [7, 11) is 3.00. The normalized spacial score (nSPS) is 16.0. The predicted molar refractivity (Wildman–Crippen MR) is 82.8 cm³/mol. The Hall–Kier alpha value is -2.40. The van der Waals surface area contributed by atoms with Crippen LogP contribution in [-0.4, -0.2) is 20.2 Å². The van der Waals surface area contributed by atoms with Crippen molar-refractivity contribution < 1.29 is 19.0 Å². The average molecular weight is 320 g/mol. The van der Waals surface area contributed by atoms with Gasteiger partial charge < -0.3 is 19.5 Å². The van der Waals surface area contributed by atoms with E-state index in [1.54, 1.807) is 18.2 Å². The summed E-state index contributed by atoms with van der Waals surface area (Å²) in [6.07, 6.45) is -0.623. The van der Waals surface area contributed by atoms with E-state index in [0.29, 0.717) is 33.3 Å². The third kappa shape index (κ3) is 2.33. The number of fused-ring (bicyclic) bond motifs is 1. The van der Waals surface area contributed by atoms with Crippen molar-refractivity contribution in [1.29, 1.82) is 0 Å². The molecule has 1 aliphatic heterocycles. The highest BCUT2D eigenvalue weighted by Gasteiger charge is 2.36. The highest BCUT2D eigenvalue weighted by Crippen LogP contribution is 2.42. The van der Waals surface area contributed by atoms with Crippen LogP contribution in [0.25, 0.3) is 0 Å². The number of methoxy groups -OCH3 is 2. The zero-order valence-corrected chi connectivity index (χ0v) is 12.8. The van der Waals surface area contributed by atoms with E-state index in [1.165, 1.54) is 14.2 Å². The van der Waals surface area contributed by atoms with Gasteiger partial charge in [-0.2, -0.15) is 0 Å². The molecule has 2 aromatic carbocycles. The highest BCUT2D eigenvalue weighted by atomic mass is 35.5. The fraction of sp³-hybridized carbons (Fsp3) is 0.188. The largest absolute Gasteiger partial charge is 0.493 e. The molecule has 1 heterocycles. The number of ether oxygens (including phenoxy) is 3. The summed E-state index contributed by atoms with van der Waals surface area (Å²) in [5.41, 5.74) is 1.73. The number of hydrogen-bond acceptors (Lipinski definition) is 5. The summed E-state index contributed by atoms with van der Waals surface area (Å²) in [5.74, 6) is 0.389. The molecule has 114 valence electrons. The molecule has 0 bridgehead atoms. The van der Waals surface area contributed by atoms with Gasteiger partial charge in [-0.1, -0.05) is 23.7 Å². The maximum Gasteiger partial charge on any atom is 0.344 e. The number of hydrogen-bond donors (Lipinski definition) is 1. The molecule has 2 aromatic rings. The minimum Gasteiger partial charge on any atom is -0.493 e. The molecule has 3 rings (SSSR count). The smallest absolute Gasteiger partial charge is 0.344 e. The van der Waals surface area contributed by atoms with Gasteiger partial charge in [0.15, 0.2) is 11.5 Å². The monoisotopic (exact) mass is 319 g/mol. The van der Waals surface area contributed by atoms with Crippen molar-refractivity contribution in [3.8, 4) is 11.5 Å². The van der Waals surface area contributed by atoms with Crippen LogP contribution in [0.1, 0.15) is 22.1 Å². The molecule has 0 unspecified atom stereocenters. The van der Waals surface area contributed by atoms with Gasteiger partial charge in [-0.3, -0.25) is 0 Å². The van der Waals surface area contributed by atoms with Crippen molar-refractivity contribution in [1.82, 2.24) is 0 Å². The van der Waals surface area contributed by atoms with Gasteiger partial charge in [0.1, 0.15) is 5.56 Å². The molecule has 0 spiro atoms. The van der Waals surface area contributed by atoms with E-state index in [4.69, 9.17) is 25.8 Å². The Bertz CT molecular complexity index is 732. The molecule has 0 saturated carbocycles. The van der Waals surface area contributed by atoms with Gasteiger partial charge in [0, 0.05) is 5.56 Å². The van der Waals surface area contributed by atoms with E-state index in [0.717, 1.165) is 0 Å². The van der Waals surface area contributed by atoms with Crippen LogP contribution in [0, 0.1) is 0 Å². The zero-order chi connectivity index (χ0) is 15.7. The van der Waals surface area contributed by atoms with Gasteiger partial charge in [-0.05, 0) is 24.3 Å².